The number of aliphatic carboxylic acids is 1. The fourth-order valence-corrected chi connectivity index (χ4v) is 4.33. The lowest BCUT2D eigenvalue weighted by Crippen LogP contribution is -2.57. The molecule has 1 aromatic carbocycles. The van der Waals surface area contributed by atoms with Crippen molar-refractivity contribution in [2.24, 2.45) is 11.8 Å². The van der Waals surface area contributed by atoms with Gasteiger partial charge in [0.15, 0.2) is 0 Å². The Kier molecular flexibility index (Phi) is 11.9. The number of halogens is 1. The molecule has 1 heterocycles. The molecule has 11 nitrogen and oxygen atoms in total. The van der Waals surface area contributed by atoms with E-state index in [0.29, 0.717) is 24.9 Å². The van der Waals surface area contributed by atoms with E-state index in [9.17, 15) is 33.5 Å². The Bertz CT molecular complexity index is 1060. The monoisotopic (exact) mass is 564 g/mol. The minimum atomic E-state index is -1.33. The summed E-state index contributed by atoms with van der Waals surface area (Å²) in [5, 5.41) is 20.1. The van der Waals surface area contributed by atoms with Crippen LogP contribution in [0.15, 0.2) is 24.3 Å². The summed E-state index contributed by atoms with van der Waals surface area (Å²) in [5.41, 5.74) is -0.276. The predicted molar refractivity (Wildman–Crippen MR) is 145 cm³/mol. The van der Waals surface area contributed by atoms with E-state index < -0.39 is 59.3 Å². The molecule has 0 bridgehead atoms. The number of amides is 4. The van der Waals surface area contributed by atoms with Crippen LogP contribution >= 0.6 is 0 Å². The Hall–Kier alpha value is -3.70. The number of rotatable bonds is 12. The molecule has 1 aliphatic heterocycles. The van der Waals surface area contributed by atoms with E-state index in [0.717, 1.165) is 0 Å². The lowest BCUT2D eigenvalue weighted by Gasteiger charge is -2.28. The number of carboxylic acids is 1. The van der Waals surface area contributed by atoms with E-state index in [-0.39, 0.29) is 31.1 Å². The van der Waals surface area contributed by atoms with Crippen molar-refractivity contribution >= 4 is 29.8 Å². The highest BCUT2D eigenvalue weighted by atomic mass is 19.1. The second kappa shape index (κ2) is 14.6. The van der Waals surface area contributed by atoms with Gasteiger partial charge in [0.05, 0.1) is 0 Å². The van der Waals surface area contributed by atoms with Crippen LogP contribution in [-0.2, 0) is 30.3 Å². The van der Waals surface area contributed by atoms with Gasteiger partial charge in [0.25, 0.3) is 0 Å². The molecule has 0 saturated carbocycles. The molecule has 3 unspecified atom stereocenters. The minimum absolute atomic E-state index is 0.0179. The third-order valence-corrected chi connectivity index (χ3v) is 6.23. The van der Waals surface area contributed by atoms with Crippen molar-refractivity contribution in [1.82, 2.24) is 21.3 Å². The maximum absolute atomic E-state index is 13.4. The van der Waals surface area contributed by atoms with Gasteiger partial charge in [0.1, 0.15) is 29.5 Å². The summed E-state index contributed by atoms with van der Waals surface area (Å²) in [7, 11) is 0. The van der Waals surface area contributed by atoms with E-state index in [1.54, 1.807) is 20.8 Å². The highest BCUT2D eigenvalue weighted by molar-refractivity contribution is 5.93. The standard InChI is InChI=1S/C28H41FN4O7/c1-16(2)13-20(24(35)32-22(26(37)38)15-18-7-6-12-30-23(18)34)31-25(36)21(33-27(39)40-28(3,4)5)14-17-8-10-19(29)11-9-17/h8-11,16,18,20-22H,6-7,12-15H2,1-5H3,(H,30,34)(H,31,36)(H,32,35)(H,33,39)(H,37,38)/t18-,20?,21?,22?/m0/s1. The normalized spacial score (nSPS) is 17.7. The van der Waals surface area contributed by atoms with Crippen LogP contribution in [0.25, 0.3) is 0 Å². The van der Waals surface area contributed by atoms with Crippen molar-refractivity contribution in [2.75, 3.05) is 6.54 Å². The summed E-state index contributed by atoms with van der Waals surface area (Å²) in [5.74, 6) is -4.03. The zero-order valence-corrected chi connectivity index (χ0v) is 23.7. The van der Waals surface area contributed by atoms with Crippen molar-refractivity contribution in [2.45, 2.75) is 90.4 Å². The number of ether oxygens (including phenoxy) is 1. The Morgan fingerprint density at radius 3 is 2.17 bits per heavy atom. The number of carboxylic acid groups (broad SMARTS) is 1. The molecule has 40 heavy (non-hydrogen) atoms. The van der Waals surface area contributed by atoms with Crippen molar-refractivity contribution in [3.63, 3.8) is 0 Å². The van der Waals surface area contributed by atoms with Gasteiger partial charge in [0.2, 0.25) is 17.7 Å². The lowest BCUT2D eigenvalue weighted by molar-refractivity contribution is -0.143. The Morgan fingerprint density at radius 2 is 1.62 bits per heavy atom. The number of hydrogen-bond donors (Lipinski definition) is 5. The van der Waals surface area contributed by atoms with E-state index in [4.69, 9.17) is 4.74 Å². The summed E-state index contributed by atoms with van der Waals surface area (Å²) in [6.07, 6.45) is 0.459. The molecule has 222 valence electrons. The van der Waals surface area contributed by atoms with E-state index in [1.807, 2.05) is 13.8 Å². The van der Waals surface area contributed by atoms with Gasteiger partial charge in [-0.25, -0.2) is 14.0 Å². The molecular formula is C28H41FN4O7. The van der Waals surface area contributed by atoms with Gasteiger partial charge in [-0.05, 0) is 70.1 Å². The molecule has 5 N–H and O–H groups in total. The molecule has 1 fully saturated rings. The van der Waals surface area contributed by atoms with Crippen molar-refractivity contribution in [1.29, 1.82) is 0 Å². The van der Waals surface area contributed by atoms with Crippen LogP contribution in [0.1, 0.15) is 65.9 Å². The molecule has 4 atom stereocenters. The molecule has 0 aromatic heterocycles. The topological polar surface area (TPSA) is 163 Å². The van der Waals surface area contributed by atoms with Crippen LogP contribution in [0.3, 0.4) is 0 Å². The third kappa shape index (κ3) is 11.2. The fraction of sp³-hybridized carbons (Fsp3) is 0.607. The minimum Gasteiger partial charge on any atom is -0.480 e. The van der Waals surface area contributed by atoms with Gasteiger partial charge in [-0.2, -0.15) is 0 Å². The first-order valence-electron chi connectivity index (χ1n) is 13.5. The number of hydrogen-bond acceptors (Lipinski definition) is 6. The summed E-state index contributed by atoms with van der Waals surface area (Å²) < 4.78 is 18.7. The average Bonchev–Trinajstić information content (AvgIpc) is 2.83. The SMILES string of the molecule is CC(C)CC(NC(=O)C(Cc1ccc(F)cc1)NC(=O)OC(C)(C)C)C(=O)NC(C[C@@H]1CCCNC1=O)C(=O)O. The maximum Gasteiger partial charge on any atom is 0.408 e. The van der Waals surface area contributed by atoms with Gasteiger partial charge in [0, 0.05) is 18.9 Å². The summed E-state index contributed by atoms with van der Waals surface area (Å²) in [6, 6.07) is 1.78. The van der Waals surface area contributed by atoms with Gasteiger partial charge >= 0.3 is 12.1 Å². The van der Waals surface area contributed by atoms with Crippen molar-refractivity contribution < 1.29 is 38.2 Å². The zero-order chi connectivity index (χ0) is 30.0. The molecule has 1 aromatic rings. The average molecular weight is 565 g/mol. The van der Waals surface area contributed by atoms with Gasteiger partial charge in [-0.3, -0.25) is 14.4 Å². The second-order valence-electron chi connectivity index (χ2n) is 11.5. The van der Waals surface area contributed by atoms with Crippen LogP contribution in [0.4, 0.5) is 9.18 Å². The van der Waals surface area contributed by atoms with Gasteiger partial charge < -0.3 is 31.1 Å². The summed E-state index contributed by atoms with van der Waals surface area (Å²) in [4.78, 5) is 63.2. The van der Waals surface area contributed by atoms with Crippen LogP contribution in [0, 0.1) is 17.7 Å². The van der Waals surface area contributed by atoms with E-state index in [1.165, 1.54) is 24.3 Å². The van der Waals surface area contributed by atoms with Crippen LogP contribution < -0.4 is 21.3 Å². The summed E-state index contributed by atoms with van der Waals surface area (Å²) in [6.45, 7) is 9.20. The third-order valence-electron chi connectivity index (χ3n) is 6.23. The molecule has 0 aliphatic carbocycles. The number of carbonyl (C=O) groups excluding carboxylic acids is 4. The largest absolute Gasteiger partial charge is 0.480 e. The Morgan fingerprint density at radius 1 is 1.02 bits per heavy atom. The highest BCUT2D eigenvalue weighted by Gasteiger charge is 2.34. The smallest absolute Gasteiger partial charge is 0.408 e. The molecular weight excluding hydrogens is 523 g/mol. The number of alkyl carbamates (subject to hydrolysis) is 1. The number of benzene rings is 1. The Labute approximate surface area is 234 Å². The molecule has 1 aliphatic rings. The van der Waals surface area contributed by atoms with Crippen molar-refractivity contribution in [3.8, 4) is 0 Å². The lowest BCUT2D eigenvalue weighted by atomic mass is 9.91. The molecule has 4 amide bonds. The number of carbonyl (C=O) groups is 5. The fourth-order valence-electron chi connectivity index (χ4n) is 4.33. The molecule has 2 rings (SSSR count). The van der Waals surface area contributed by atoms with Crippen molar-refractivity contribution in [3.05, 3.63) is 35.6 Å². The second-order valence-corrected chi connectivity index (χ2v) is 11.5. The first-order chi connectivity index (χ1) is 18.6. The van der Waals surface area contributed by atoms with Crippen LogP contribution in [0.5, 0.6) is 0 Å². The van der Waals surface area contributed by atoms with E-state index in [2.05, 4.69) is 21.3 Å². The first-order valence-corrected chi connectivity index (χ1v) is 13.5. The quantitative estimate of drug-likeness (QED) is 0.260. The highest BCUT2D eigenvalue weighted by Crippen LogP contribution is 2.18. The maximum atomic E-state index is 13.4. The van der Waals surface area contributed by atoms with Crippen LogP contribution in [0.2, 0.25) is 0 Å². The molecule has 12 heteroatoms. The predicted octanol–water partition coefficient (Wildman–Crippen LogP) is 2.28. The van der Waals surface area contributed by atoms with Crippen LogP contribution in [-0.4, -0.2) is 65.2 Å². The Balaban J connectivity index is 2.20. The zero-order valence-electron chi connectivity index (χ0n) is 23.7. The van der Waals surface area contributed by atoms with E-state index >= 15 is 0 Å². The van der Waals surface area contributed by atoms with Gasteiger partial charge in [-0.1, -0.05) is 26.0 Å². The summed E-state index contributed by atoms with van der Waals surface area (Å²) >= 11 is 0. The number of piperidine rings is 1. The number of nitrogens with one attached hydrogen (secondary N) is 4. The van der Waals surface area contributed by atoms with Gasteiger partial charge in [-0.15, -0.1) is 0 Å². The molecule has 0 radical (unpaired) electrons. The first kappa shape index (κ1) is 32.5. The molecule has 1 saturated heterocycles. The molecule has 0 spiro atoms.